The molecule has 0 aliphatic carbocycles. The fourth-order valence-electron chi connectivity index (χ4n) is 1.32. The molecule has 17 heavy (non-hydrogen) atoms. The molecule has 1 heterocycles. The molecule has 0 atom stereocenters. The number of nitrogens with zero attached hydrogens (tertiary/aromatic N) is 5. The van der Waals surface area contributed by atoms with Gasteiger partial charge in [-0.15, -0.1) is 16.7 Å². The molecule has 7 heteroatoms. The summed E-state index contributed by atoms with van der Waals surface area (Å²) >= 11 is 5.60. The van der Waals surface area contributed by atoms with E-state index in [2.05, 4.69) is 20.5 Å². The van der Waals surface area contributed by atoms with Gasteiger partial charge in [0.15, 0.2) is 0 Å². The van der Waals surface area contributed by atoms with Crippen molar-refractivity contribution < 1.29 is 0 Å². The second-order valence-corrected chi connectivity index (χ2v) is 3.73. The first-order valence-electron chi connectivity index (χ1n) is 4.93. The highest BCUT2D eigenvalue weighted by Gasteiger charge is 2.03. The highest BCUT2D eigenvalue weighted by Crippen LogP contribution is 2.21. The second-order valence-electron chi connectivity index (χ2n) is 3.46. The first-order valence-corrected chi connectivity index (χ1v) is 5.47. The molecule has 88 valence electrons. The van der Waals surface area contributed by atoms with Crippen molar-refractivity contribution in [3.05, 3.63) is 30.1 Å². The zero-order valence-corrected chi connectivity index (χ0v) is 9.96. The number of aromatic nitrogens is 4. The molecule has 2 N–H and O–H groups in total. The van der Waals surface area contributed by atoms with Gasteiger partial charge in [-0.2, -0.15) is 0 Å². The van der Waals surface area contributed by atoms with Crippen LogP contribution in [-0.4, -0.2) is 31.9 Å². The van der Waals surface area contributed by atoms with E-state index in [-0.39, 0.29) is 5.88 Å². The molecule has 6 nitrogen and oxygen atoms in total. The van der Waals surface area contributed by atoms with Crippen molar-refractivity contribution in [1.29, 1.82) is 0 Å². The molecule has 0 saturated carbocycles. The number of benzene rings is 1. The van der Waals surface area contributed by atoms with E-state index in [1.54, 1.807) is 4.68 Å². The zero-order chi connectivity index (χ0) is 12.3. The lowest BCUT2D eigenvalue weighted by atomic mass is 10.2. The Hall–Kier alpha value is -1.95. The predicted octanol–water partition coefficient (Wildman–Crippen LogP) is 1.20. The number of rotatable bonds is 3. The van der Waals surface area contributed by atoms with Crippen LogP contribution in [0, 0.1) is 6.92 Å². The summed E-state index contributed by atoms with van der Waals surface area (Å²) in [7, 11) is 0. The summed E-state index contributed by atoms with van der Waals surface area (Å²) in [4.78, 5) is 4.23. The number of aryl methyl sites for hydroxylation is 1. The molecule has 0 amide bonds. The molecule has 1 aromatic carbocycles. The summed E-state index contributed by atoms with van der Waals surface area (Å²) in [6.45, 7) is 1.95. The number of amidine groups is 1. The van der Waals surface area contributed by atoms with Crippen LogP contribution in [-0.2, 0) is 0 Å². The number of nitrogens with two attached hydrogens (primary N) is 1. The van der Waals surface area contributed by atoms with E-state index in [9.17, 15) is 0 Å². The number of hydrogen-bond donors (Lipinski definition) is 1. The number of hydrogen-bond acceptors (Lipinski definition) is 4. The van der Waals surface area contributed by atoms with Crippen molar-refractivity contribution in [2.24, 2.45) is 10.7 Å². The minimum absolute atomic E-state index is 0.203. The van der Waals surface area contributed by atoms with E-state index in [4.69, 9.17) is 17.3 Å². The lowest BCUT2D eigenvalue weighted by molar-refractivity contribution is 0.789. The minimum Gasteiger partial charge on any atom is -0.386 e. The average Bonchev–Trinajstić information content (AvgIpc) is 2.85. The normalized spacial score (nSPS) is 11.8. The van der Waals surface area contributed by atoms with Crippen LogP contribution in [0.15, 0.2) is 29.5 Å². The second kappa shape index (κ2) is 4.92. The molecule has 0 aliphatic rings. The maximum atomic E-state index is 5.61. The number of halogens is 1. The first kappa shape index (κ1) is 11.5. The van der Waals surface area contributed by atoms with Crippen molar-refractivity contribution in [2.45, 2.75) is 6.92 Å². The highest BCUT2D eigenvalue weighted by atomic mass is 35.5. The molecule has 1 aromatic heterocycles. The molecule has 0 fully saturated rings. The highest BCUT2D eigenvalue weighted by molar-refractivity contribution is 6.28. The molecule has 2 aromatic rings. The van der Waals surface area contributed by atoms with Gasteiger partial charge in [0.25, 0.3) is 0 Å². The minimum atomic E-state index is 0.203. The monoisotopic (exact) mass is 250 g/mol. The Morgan fingerprint density at radius 2 is 2.35 bits per heavy atom. The van der Waals surface area contributed by atoms with Crippen LogP contribution < -0.4 is 5.73 Å². The topological polar surface area (TPSA) is 82.0 Å². The van der Waals surface area contributed by atoms with Gasteiger partial charge in [-0.1, -0.05) is 6.07 Å². The van der Waals surface area contributed by atoms with Gasteiger partial charge in [0.1, 0.15) is 12.2 Å². The lowest BCUT2D eigenvalue weighted by Gasteiger charge is -2.05. The van der Waals surface area contributed by atoms with Gasteiger partial charge in [0.05, 0.1) is 17.3 Å². The van der Waals surface area contributed by atoms with E-state index in [0.29, 0.717) is 5.84 Å². The van der Waals surface area contributed by atoms with Gasteiger partial charge in [-0.25, -0.2) is 9.67 Å². The van der Waals surface area contributed by atoms with Gasteiger partial charge in [0.2, 0.25) is 0 Å². The fraction of sp³-hybridized carbons (Fsp3) is 0.200. The van der Waals surface area contributed by atoms with Crippen molar-refractivity contribution in [3.63, 3.8) is 0 Å². The number of aliphatic imine (C=N–C) groups is 1. The van der Waals surface area contributed by atoms with Crippen LogP contribution in [0.25, 0.3) is 5.69 Å². The van der Waals surface area contributed by atoms with E-state index >= 15 is 0 Å². The van der Waals surface area contributed by atoms with Gasteiger partial charge >= 0.3 is 0 Å². The Balaban J connectivity index is 2.43. The molecule has 0 radical (unpaired) electrons. The van der Waals surface area contributed by atoms with E-state index in [0.717, 1.165) is 16.9 Å². The first-order chi connectivity index (χ1) is 8.20. The summed E-state index contributed by atoms with van der Waals surface area (Å²) in [6, 6.07) is 5.68. The summed E-state index contributed by atoms with van der Waals surface area (Å²) in [6.07, 6.45) is 1.52. The van der Waals surface area contributed by atoms with Crippen LogP contribution in [0.5, 0.6) is 0 Å². The third-order valence-electron chi connectivity index (χ3n) is 2.21. The summed E-state index contributed by atoms with van der Waals surface area (Å²) < 4.78 is 1.55. The number of alkyl halides is 1. The van der Waals surface area contributed by atoms with Crippen LogP contribution >= 0.6 is 11.6 Å². The maximum Gasteiger partial charge on any atom is 0.143 e. The molecule has 2 rings (SSSR count). The van der Waals surface area contributed by atoms with Gasteiger partial charge in [-0.05, 0) is 35.0 Å². The largest absolute Gasteiger partial charge is 0.386 e. The van der Waals surface area contributed by atoms with Crippen molar-refractivity contribution in [3.8, 4) is 5.69 Å². The van der Waals surface area contributed by atoms with Gasteiger partial charge in [0, 0.05) is 0 Å². The molecular weight excluding hydrogens is 240 g/mol. The quantitative estimate of drug-likeness (QED) is 0.504. The average molecular weight is 251 g/mol. The molecule has 0 spiro atoms. The van der Waals surface area contributed by atoms with Crippen LogP contribution in [0.2, 0.25) is 0 Å². The van der Waals surface area contributed by atoms with Crippen LogP contribution in [0.4, 0.5) is 5.69 Å². The van der Waals surface area contributed by atoms with Crippen molar-refractivity contribution in [1.82, 2.24) is 20.2 Å². The Bertz CT molecular complexity index is 534. The van der Waals surface area contributed by atoms with Gasteiger partial charge < -0.3 is 5.73 Å². The molecule has 0 bridgehead atoms. The Labute approximate surface area is 103 Å². The fourth-order valence-corrected chi connectivity index (χ4v) is 1.38. The standard InChI is InChI=1S/C10H11ClN6/c1-7-2-3-8(17-6-13-15-16-17)4-9(7)14-10(12)5-11/h2-4,6H,5H2,1H3,(H2,12,14). The molecule has 0 aliphatic heterocycles. The zero-order valence-electron chi connectivity index (χ0n) is 9.21. The van der Waals surface area contributed by atoms with E-state index < -0.39 is 0 Å². The Morgan fingerprint density at radius 1 is 1.53 bits per heavy atom. The lowest BCUT2D eigenvalue weighted by Crippen LogP contribution is -2.12. The third-order valence-corrected chi connectivity index (χ3v) is 2.48. The van der Waals surface area contributed by atoms with E-state index in [1.807, 2.05) is 25.1 Å². The number of tetrazole rings is 1. The molecule has 0 unspecified atom stereocenters. The van der Waals surface area contributed by atoms with Crippen LogP contribution in [0.1, 0.15) is 5.56 Å². The predicted molar refractivity (Wildman–Crippen MR) is 65.9 cm³/mol. The molecular formula is C10H11ClN6. The Kier molecular flexibility index (Phi) is 3.34. The Morgan fingerprint density at radius 3 is 3.00 bits per heavy atom. The van der Waals surface area contributed by atoms with E-state index in [1.165, 1.54) is 6.33 Å². The van der Waals surface area contributed by atoms with Crippen molar-refractivity contribution >= 4 is 23.1 Å². The maximum absolute atomic E-state index is 5.61. The van der Waals surface area contributed by atoms with Crippen LogP contribution in [0.3, 0.4) is 0 Å². The third kappa shape index (κ3) is 2.59. The summed E-state index contributed by atoms with van der Waals surface area (Å²) in [5.41, 5.74) is 8.20. The summed E-state index contributed by atoms with van der Waals surface area (Å²) in [5, 5.41) is 11.0. The van der Waals surface area contributed by atoms with Crippen molar-refractivity contribution in [2.75, 3.05) is 5.88 Å². The van der Waals surface area contributed by atoms with Gasteiger partial charge in [-0.3, -0.25) is 0 Å². The SMILES string of the molecule is Cc1ccc(-n2cnnn2)cc1N=C(N)CCl. The molecule has 0 saturated heterocycles. The smallest absolute Gasteiger partial charge is 0.143 e. The summed E-state index contributed by atoms with van der Waals surface area (Å²) in [5.74, 6) is 0.581.